The predicted octanol–water partition coefficient (Wildman–Crippen LogP) is 3.24. The van der Waals surface area contributed by atoms with E-state index in [-0.39, 0.29) is 12.5 Å². The molecule has 0 aliphatic rings. The first-order valence-corrected chi connectivity index (χ1v) is 9.27. The van der Waals surface area contributed by atoms with Crippen LogP contribution in [-0.4, -0.2) is 42.9 Å². The standard InChI is InChI=1S/C22H28N2O4/c1-4-13-27-20-9-5-17(6-10-20)22(26)24-18-7-11-21(12-8-18)28-15-19(25)14-23-16(2)3/h4-12,16,19,23,25H,1,13-15H2,2-3H3,(H,24,26). The van der Waals surface area contributed by atoms with E-state index in [1.807, 2.05) is 13.8 Å². The van der Waals surface area contributed by atoms with Crippen LogP contribution in [0.5, 0.6) is 11.5 Å². The summed E-state index contributed by atoms with van der Waals surface area (Å²) in [5.41, 5.74) is 1.19. The Kier molecular flexibility index (Phi) is 8.52. The average Bonchev–Trinajstić information content (AvgIpc) is 2.70. The molecular weight excluding hydrogens is 356 g/mol. The third-order valence-electron chi connectivity index (χ3n) is 3.80. The van der Waals surface area contributed by atoms with Crippen molar-refractivity contribution >= 4 is 11.6 Å². The minimum Gasteiger partial charge on any atom is -0.491 e. The maximum Gasteiger partial charge on any atom is 0.255 e. The zero-order valence-corrected chi connectivity index (χ0v) is 16.4. The summed E-state index contributed by atoms with van der Waals surface area (Å²) in [7, 11) is 0. The molecule has 0 aromatic heterocycles. The topological polar surface area (TPSA) is 79.8 Å². The van der Waals surface area contributed by atoms with E-state index in [4.69, 9.17) is 9.47 Å². The van der Waals surface area contributed by atoms with Gasteiger partial charge in [0.25, 0.3) is 5.91 Å². The molecule has 0 heterocycles. The molecule has 0 bridgehead atoms. The second kappa shape index (κ2) is 11.1. The molecule has 2 rings (SSSR count). The van der Waals surface area contributed by atoms with Gasteiger partial charge in [-0.05, 0) is 48.5 Å². The van der Waals surface area contributed by atoms with Gasteiger partial charge in [-0.25, -0.2) is 0 Å². The molecule has 28 heavy (non-hydrogen) atoms. The number of rotatable bonds is 11. The lowest BCUT2D eigenvalue weighted by Crippen LogP contribution is -2.35. The molecule has 1 atom stereocenters. The first-order valence-electron chi connectivity index (χ1n) is 9.27. The fourth-order valence-electron chi connectivity index (χ4n) is 2.32. The molecule has 150 valence electrons. The fraction of sp³-hybridized carbons (Fsp3) is 0.318. The average molecular weight is 384 g/mol. The van der Waals surface area contributed by atoms with Crippen molar-refractivity contribution in [3.63, 3.8) is 0 Å². The van der Waals surface area contributed by atoms with Crippen LogP contribution in [0.4, 0.5) is 5.69 Å². The van der Waals surface area contributed by atoms with Gasteiger partial charge in [0.05, 0.1) is 0 Å². The zero-order valence-electron chi connectivity index (χ0n) is 16.4. The quantitative estimate of drug-likeness (QED) is 0.518. The third-order valence-corrected chi connectivity index (χ3v) is 3.80. The summed E-state index contributed by atoms with van der Waals surface area (Å²) in [5, 5.41) is 15.9. The molecule has 0 saturated carbocycles. The van der Waals surface area contributed by atoms with E-state index < -0.39 is 6.10 Å². The Morgan fingerprint density at radius 1 is 1.07 bits per heavy atom. The number of hydrogen-bond donors (Lipinski definition) is 3. The molecule has 0 spiro atoms. The van der Waals surface area contributed by atoms with E-state index in [1.165, 1.54) is 0 Å². The molecule has 1 unspecified atom stereocenters. The summed E-state index contributed by atoms with van der Waals surface area (Å²) in [5.74, 6) is 1.10. The first-order chi connectivity index (χ1) is 13.5. The van der Waals surface area contributed by atoms with E-state index in [0.29, 0.717) is 41.9 Å². The minimum atomic E-state index is -0.583. The van der Waals surface area contributed by atoms with Crippen molar-refractivity contribution in [2.75, 3.05) is 25.1 Å². The van der Waals surface area contributed by atoms with Crippen molar-refractivity contribution in [1.29, 1.82) is 0 Å². The maximum absolute atomic E-state index is 12.3. The van der Waals surface area contributed by atoms with E-state index in [0.717, 1.165) is 0 Å². The SMILES string of the molecule is C=CCOc1ccc(C(=O)Nc2ccc(OCC(O)CNC(C)C)cc2)cc1. The smallest absolute Gasteiger partial charge is 0.255 e. The Bertz CT molecular complexity index is 742. The molecule has 3 N–H and O–H groups in total. The van der Waals surface area contributed by atoms with Crippen molar-refractivity contribution in [3.05, 3.63) is 66.7 Å². The Balaban J connectivity index is 1.82. The number of anilines is 1. The van der Waals surface area contributed by atoms with Crippen molar-refractivity contribution in [2.24, 2.45) is 0 Å². The lowest BCUT2D eigenvalue weighted by Gasteiger charge is -2.15. The normalized spacial score (nSPS) is 11.7. The van der Waals surface area contributed by atoms with Crippen molar-refractivity contribution in [3.8, 4) is 11.5 Å². The number of nitrogens with one attached hydrogen (secondary N) is 2. The fourth-order valence-corrected chi connectivity index (χ4v) is 2.32. The van der Waals surface area contributed by atoms with Gasteiger partial charge in [0.1, 0.15) is 30.8 Å². The van der Waals surface area contributed by atoms with E-state index in [1.54, 1.807) is 54.6 Å². The summed E-state index contributed by atoms with van der Waals surface area (Å²) in [6, 6.07) is 14.2. The number of benzene rings is 2. The lowest BCUT2D eigenvalue weighted by molar-refractivity contribution is 0.102. The molecule has 0 saturated heterocycles. The van der Waals surface area contributed by atoms with Gasteiger partial charge in [-0.1, -0.05) is 26.5 Å². The minimum absolute atomic E-state index is 0.200. The van der Waals surface area contributed by atoms with Crippen LogP contribution in [0.25, 0.3) is 0 Å². The highest BCUT2D eigenvalue weighted by atomic mass is 16.5. The molecule has 0 aliphatic heterocycles. The second-order valence-electron chi connectivity index (χ2n) is 6.63. The van der Waals surface area contributed by atoms with Crippen LogP contribution in [0.15, 0.2) is 61.2 Å². The number of aliphatic hydroxyl groups excluding tert-OH is 1. The van der Waals surface area contributed by atoms with E-state index in [2.05, 4.69) is 17.2 Å². The van der Waals surface area contributed by atoms with Crippen LogP contribution in [0.2, 0.25) is 0 Å². The Morgan fingerprint density at radius 3 is 2.29 bits per heavy atom. The molecule has 0 radical (unpaired) electrons. The molecule has 6 nitrogen and oxygen atoms in total. The van der Waals surface area contributed by atoms with Crippen molar-refractivity contribution in [1.82, 2.24) is 5.32 Å². The summed E-state index contributed by atoms with van der Waals surface area (Å²) >= 11 is 0. The second-order valence-corrected chi connectivity index (χ2v) is 6.63. The Hall–Kier alpha value is -2.83. The zero-order chi connectivity index (χ0) is 20.4. The van der Waals surface area contributed by atoms with E-state index in [9.17, 15) is 9.90 Å². The number of carbonyl (C=O) groups excluding carboxylic acids is 1. The predicted molar refractivity (Wildman–Crippen MR) is 111 cm³/mol. The van der Waals surface area contributed by atoms with Gasteiger partial charge in [-0.3, -0.25) is 4.79 Å². The number of hydrogen-bond acceptors (Lipinski definition) is 5. The van der Waals surface area contributed by atoms with Gasteiger partial charge < -0.3 is 25.2 Å². The van der Waals surface area contributed by atoms with Crippen molar-refractivity contribution < 1.29 is 19.4 Å². The van der Waals surface area contributed by atoms with Gasteiger partial charge >= 0.3 is 0 Å². The summed E-state index contributed by atoms with van der Waals surface area (Å²) in [6.45, 7) is 8.73. The van der Waals surface area contributed by atoms with Crippen LogP contribution in [0.1, 0.15) is 24.2 Å². The molecule has 0 fully saturated rings. The highest BCUT2D eigenvalue weighted by Gasteiger charge is 2.08. The van der Waals surface area contributed by atoms with Crippen LogP contribution in [0, 0.1) is 0 Å². The van der Waals surface area contributed by atoms with Crippen LogP contribution in [-0.2, 0) is 0 Å². The molecular formula is C22H28N2O4. The van der Waals surface area contributed by atoms with Crippen LogP contribution >= 0.6 is 0 Å². The van der Waals surface area contributed by atoms with Gasteiger partial charge in [-0.2, -0.15) is 0 Å². The molecule has 0 aliphatic carbocycles. The third kappa shape index (κ3) is 7.42. The highest BCUT2D eigenvalue weighted by molar-refractivity contribution is 6.04. The van der Waals surface area contributed by atoms with E-state index >= 15 is 0 Å². The monoisotopic (exact) mass is 384 g/mol. The Morgan fingerprint density at radius 2 is 1.68 bits per heavy atom. The summed E-state index contributed by atoms with van der Waals surface area (Å²) < 4.78 is 11.0. The van der Waals surface area contributed by atoms with Gasteiger partial charge in [0.2, 0.25) is 0 Å². The van der Waals surface area contributed by atoms with Gasteiger partial charge in [0, 0.05) is 23.8 Å². The van der Waals surface area contributed by atoms with Crippen molar-refractivity contribution in [2.45, 2.75) is 26.0 Å². The largest absolute Gasteiger partial charge is 0.491 e. The number of ether oxygens (including phenoxy) is 2. The Labute approximate surface area is 166 Å². The summed E-state index contributed by atoms with van der Waals surface area (Å²) in [4.78, 5) is 12.3. The van der Waals surface area contributed by atoms with Gasteiger partial charge in [-0.15, -0.1) is 0 Å². The molecule has 1 amide bonds. The lowest BCUT2D eigenvalue weighted by atomic mass is 10.2. The maximum atomic E-state index is 12.3. The molecule has 6 heteroatoms. The highest BCUT2D eigenvalue weighted by Crippen LogP contribution is 2.18. The van der Waals surface area contributed by atoms with Crippen LogP contribution < -0.4 is 20.1 Å². The first kappa shape index (κ1) is 21.5. The molecule has 2 aromatic rings. The number of carbonyl (C=O) groups is 1. The number of amides is 1. The molecule has 2 aromatic carbocycles. The summed E-state index contributed by atoms with van der Waals surface area (Å²) in [6.07, 6.45) is 1.08. The van der Waals surface area contributed by atoms with Gasteiger partial charge in [0.15, 0.2) is 0 Å². The van der Waals surface area contributed by atoms with Crippen LogP contribution in [0.3, 0.4) is 0 Å². The number of aliphatic hydroxyl groups is 1.